The van der Waals surface area contributed by atoms with Crippen LogP contribution in [0.25, 0.3) is 0 Å². The van der Waals surface area contributed by atoms with Crippen LogP contribution >= 0.6 is 0 Å². The fourth-order valence-electron chi connectivity index (χ4n) is 4.44. The van der Waals surface area contributed by atoms with Gasteiger partial charge in [0.15, 0.2) is 5.54 Å². The van der Waals surface area contributed by atoms with Crippen molar-refractivity contribution < 1.29 is 36.6 Å². The first-order valence-electron chi connectivity index (χ1n) is 11.4. The zero-order chi connectivity index (χ0) is 26.3. The number of amides is 3. The van der Waals surface area contributed by atoms with Crippen molar-refractivity contribution in [2.24, 2.45) is 0 Å². The molecule has 2 aliphatic rings. The van der Waals surface area contributed by atoms with Crippen molar-refractivity contribution in [3.8, 4) is 11.5 Å². The minimum atomic E-state index is -4.67. The molecule has 2 aliphatic heterocycles. The van der Waals surface area contributed by atoms with Crippen LogP contribution in [0.1, 0.15) is 30.4 Å². The summed E-state index contributed by atoms with van der Waals surface area (Å²) in [4.78, 5) is 30.4. The Kier molecular flexibility index (Phi) is 8.90. The molecule has 0 radical (unpaired) electrons. The molecular formula is C24H31N3O8S. The number of piperidine rings is 1. The minimum absolute atomic E-state index is 0.259. The fourth-order valence-corrected chi connectivity index (χ4v) is 4.44. The number of nitrogens with one attached hydrogen (secondary N) is 1. The predicted octanol–water partition coefficient (Wildman–Crippen LogP) is 2.33. The second-order valence-electron chi connectivity index (χ2n) is 8.44. The Morgan fingerprint density at radius 3 is 1.69 bits per heavy atom. The largest absolute Gasteiger partial charge is 0.497 e. The van der Waals surface area contributed by atoms with Gasteiger partial charge in [0, 0.05) is 13.1 Å². The lowest BCUT2D eigenvalue weighted by atomic mass is 9.82. The summed E-state index contributed by atoms with van der Waals surface area (Å²) in [5.74, 6) is 1.12. The lowest BCUT2D eigenvalue weighted by Gasteiger charge is -2.29. The first kappa shape index (κ1) is 27.4. The number of likely N-dealkylation sites (tertiary alicyclic amines) is 1. The van der Waals surface area contributed by atoms with E-state index in [2.05, 4.69) is 10.2 Å². The van der Waals surface area contributed by atoms with E-state index in [1.165, 1.54) is 24.2 Å². The zero-order valence-corrected chi connectivity index (χ0v) is 21.0. The van der Waals surface area contributed by atoms with E-state index in [-0.39, 0.29) is 11.9 Å². The van der Waals surface area contributed by atoms with Crippen molar-refractivity contribution in [2.45, 2.75) is 24.8 Å². The number of carbonyl (C=O) groups excluding carboxylic acids is 2. The summed E-state index contributed by atoms with van der Waals surface area (Å²) in [6.07, 6.45) is 3.58. The number of urea groups is 1. The molecule has 0 aromatic heterocycles. The van der Waals surface area contributed by atoms with Gasteiger partial charge < -0.3 is 19.7 Å². The van der Waals surface area contributed by atoms with E-state index in [1.54, 1.807) is 38.5 Å². The molecule has 3 N–H and O–H groups in total. The Bertz CT molecular complexity index is 1090. The number of methoxy groups -OCH3 is 2. The van der Waals surface area contributed by atoms with E-state index in [0.717, 1.165) is 13.1 Å². The molecule has 2 fully saturated rings. The van der Waals surface area contributed by atoms with Crippen LogP contribution in [0.3, 0.4) is 0 Å². The molecule has 0 unspecified atom stereocenters. The van der Waals surface area contributed by atoms with Gasteiger partial charge in [-0.1, -0.05) is 30.7 Å². The molecule has 0 saturated carbocycles. The summed E-state index contributed by atoms with van der Waals surface area (Å²) in [7, 11) is -1.47. The smallest absolute Gasteiger partial charge is 0.394 e. The van der Waals surface area contributed by atoms with Crippen molar-refractivity contribution in [1.29, 1.82) is 0 Å². The van der Waals surface area contributed by atoms with Gasteiger partial charge in [0.2, 0.25) is 0 Å². The van der Waals surface area contributed by atoms with Crippen LogP contribution in [0.2, 0.25) is 0 Å². The SMILES string of the molecule is COc1ccc(C2(c3ccc(OC)cc3)NC(=O)N(CCN3CCCCC3)C2=O)cc1.O=S(=O)(O)O. The predicted molar refractivity (Wildman–Crippen MR) is 131 cm³/mol. The number of imide groups is 1. The second-order valence-corrected chi connectivity index (χ2v) is 9.34. The van der Waals surface area contributed by atoms with E-state index in [1.807, 2.05) is 24.3 Å². The van der Waals surface area contributed by atoms with E-state index < -0.39 is 15.9 Å². The third kappa shape index (κ3) is 6.52. The van der Waals surface area contributed by atoms with Crippen molar-refractivity contribution in [1.82, 2.24) is 15.1 Å². The molecule has 196 valence electrons. The molecule has 0 atom stereocenters. The van der Waals surface area contributed by atoms with E-state index >= 15 is 0 Å². The van der Waals surface area contributed by atoms with Crippen molar-refractivity contribution >= 4 is 22.3 Å². The number of rotatable bonds is 7. The number of benzene rings is 2. The zero-order valence-electron chi connectivity index (χ0n) is 20.2. The Morgan fingerprint density at radius 2 is 1.28 bits per heavy atom. The Hall–Kier alpha value is -3.19. The van der Waals surface area contributed by atoms with Gasteiger partial charge in [0.05, 0.1) is 14.2 Å². The van der Waals surface area contributed by atoms with Crippen molar-refractivity contribution in [3.05, 3.63) is 59.7 Å². The monoisotopic (exact) mass is 521 g/mol. The average molecular weight is 522 g/mol. The second kappa shape index (κ2) is 11.7. The fraction of sp³-hybridized carbons (Fsp3) is 0.417. The van der Waals surface area contributed by atoms with Gasteiger partial charge in [0.25, 0.3) is 5.91 Å². The maximum Gasteiger partial charge on any atom is 0.394 e. The van der Waals surface area contributed by atoms with E-state index in [9.17, 15) is 9.59 Å². The number of carbonyl (C=O) groups is 2. The minimum Gasteiger partial charge on any atom is -0.497 e. The van der Waals surface area contributed by atoms with Crippen LogP contribution in [0, 0.1) is 0 Å². The van der Waals surface area contributed by atoms with Gasteiger partial charge in [-0.05, 0) is 61.3 Å². The van der Waals surface area contributed by atoms with E-state index in [4.69, 9.17) is 27.0 Å². The molecule has 4 rings (SSSR count). The van der Waals surface area contributed by atoms with Gasteiger partial charge in [-0.3, -0.25) is 18.8 Å². The van der Waals surface area contributed by atoms with E-state index in [0.29, 0.717) is 35.7 Å². The molecule has 2 aromatic carbocycles. The van der Waals surface area contributed by atoms with Crippen molar-refractivity contribution in [2.75, 3.05) is 40.4 Å². The van der Waals surface area contributed by atoms with Crippen LogP contribution < -0.4 is 14.8 Å². The summed E-state index contributed by atoms with van der Waals surface area (Å²) >= 11 is 0. The summed E-state index contributed by atoms with van der Waals surface area (Å²) in [6.45, 7) is 3.11. The third-order valence-electron chi connectivity index (χ3n) is 6.24. The maximum atomic E-state index is 13.8. The van der Waals surface area contributed by atoms with Gasteiger partial charge in [-0.2, -0.15) is 8.42 Å². The van der Waals surface area contributed by atoms with Gasteiger partial charge in [-0.25, -0.2) is 4.79 Å². The normalized spacial score (nSPS) is 17.7. The highest BCUT2D eigenvalue weighted by atomic mass is 32.3. The molecule has 11 nitrogen and oxygen atoms in total. The Labute approximate surface area is 210 Å². The molecule has 0 bridgehead atoms. The average Bonchev–Trinajstić information content (AvgIpc) is 3.12. The lowest BCUT2D eigenvalue weighted by molar-refractivity contribution is -0.130. The molecule has 2 aromatic rings. The number of ether oxygens (including phenoxy) is 2. The summed E-state index contributed by atoms with van der Waals surface area (Å²) in [6, 6.07) is 14.2. The van der Waals surface area contributed by atoms with Crippen LogP contribution in [-0.4, -0.2) is 79.7 Å². The Balaban J connectivity index is 0.000000658. The molecule has 2 heterocycles. The van der Waals surface area contributed by atoms with Crippen LogP contribution in [0.5, 0.6) is 11.5 Å². The molecule has 2 saturated heterocycles. The first-order chi connectivity index (χ1) is 17.1. The Morgan fingerprint density at radius 1 is 0.833 bits per heavy atom. The van der Waals surface area contributed by atoms with Crippen molar-refractivity contribution in [3.63, 3.8) is 0 Å². The van der Waals surface area contributed by atoms with Gasteiger partial charge in [-0.15, -0.1) is 0 Å². The number of hydrogen-bond donors (Lipinski definition) is 3. The standard InChI is InChI=1S/C24H29N3O4.H2O4S/c1-30-20-10-6-18(7-11-20)24(19-8-12-21(31-2)13-9-19)22(28)27(23(29)25-24)17-16-26-14-4-3-5-15-26;1-5(2,3)4/h6-13H,3-5,14-17H2,1-2H3,(H,25,29);(H2,1,2,3,4). The highest BCUT2D eigenvalue weighted by Crippen LogP contribution is 2.37. The van der Waals surface area contributed by atoms with Gasteiger partial charge >= 0.3 is 16.4 Å². The summed E-state index contributed by atoms with van der Waals surface area (Å²) in [5.41, 5.74) is 0.104. The molecular weight excluding hydrogens is 490 g/mol. The number of nitrogens with zero attached hydrogens (tertiary/aromatic N) is 2. The molecule has 0 aliphatic carbocycles. The summed E-state index contributed by atoms with van der Waals surface area (Å²) in [5, 5.41) is 3.00. The highest BCUT2D eigenvalue weighted by molar-refractivity contribution is 7.79. The first-order valence-corrected chi connectivity index (χ1v) is 12.8. The van der Waals surface area contributed by atoms with Gasteiger partial charge in [0.1, 0.15) is 11.5 Å². The maximum absolute atomic E-state index is 13.8. The van der Waals surface area contributed by atoms with Crippen LogP contribution in [-0.2, 0) is 20.7 Å². The highest BCUT2D eigenvalue weighted by Gasteiger charge is 2.53. The van der Waals surface area contributed by atoms with Crippen LogP contribution in [0.4, 0.5) is 4.79 Å². The summed E-state index contributed by atoms with van der Waals surface area (Å²) < 4.78 is 42.1. The molecule has 3 amide bonds. The van der Waals surface area contributed by atoms with Crippen LogP contribution in [0.15, 0.2) is 48.5 Å². The number of hydrogen-bond acceptors (Lipinski definition) is 7. The quantitative estimate of drug-likeness (QED) is 0.369. The molecule has 0 spiro atoms. The molecule has 12 heteroatoms. The third-order valence-corrected chi connectivity index (χ3v) is 6.24. The molecule has 36 heavy (non-hydrogen) atoms. The topological polar surface area (TPSA) is 146 Å². The lowest BCUT2D eigenvalue weighted by Crippen LogP contribution is -2.45.